The van der Waals surface area contributed by atoms with Crippen molar-refractivity contribution >= 4 is 0 Å². The van der Waals surface area contributed by atoms with Gasteiger partial charge in [-0.1, -0.05) is 45.9 Å². The van der Waals surface area contributed by atoms with Crippen LogP contribution in [0, 0.1) is 11.8 Å². The van der Waals surface area contributed by atoms with Gasteiger partial charge in [0.05, 0.1) is 0 Å². The number of β-amino-alcohol motifs (C(OH)–C–C–N with tert-alkyl or cyclic N) is 1. The second kappa shape index (κ2) is 8.70. The average Bonchev–Trinajstić information content (AvgIpc) is 2.51. The van der Waals surface area contributed by atoms with Gasteiger partial charge >= 0.3 is 0 Å². The third kappa shape index (κ3) is 5.50. The number of hydrogen-bond acceptors (Lipinski definition) is 3. The Morgan fingerprint density at radius 1 is 1.22 bits per heavy atom. The van der Waals surface area contributed by atoms with Crippen molar-refractivity contribution in [1.29, 1.82) is 0 Å². The SMILES string of the molecule is CC[C@H](C)c1ccccc1OC[C@H](O)CN1C[C@H](C)C[C@H](C)C1. The summed E-state index contributed by atoms with van der Waals surface area (Å²) in [5.41, 5.74) is 1.24. The van der Waals surface area contributed by atoms with E-state index in [0.29, 0.717) is 19.1 Å². The number of piperidine rings is 1. The highest BCUT2D eigenvalue weighted by molar-refractivity contribution is 5.35. The first-order valence-corrected chi connectivity index (χ1v) is 9.11. The minimum atomic E-state index is -0.433. The first kappa shape index (κ1) is 18.3. The number of aliphatic hydroxyl groups is 1. The largest absolute Gasteiger partial charge is 0.491 e. The number of para-hydroxylation sites is 1. The Balaban J connectivity index is 1.86. The highest BCUT2D eigenvalue weighted by Crippen LogP contribution is 2.28. The molecule has 1 aliphatic rings. The lowest BCUT2D eigenvalue weighted by atomic mass is 9.92. The maximum atomic E-state index is 10.4. The molecule has 0 saturated carbocycles. The molecule has 0 spiro atoms. The predicted molar refractivity (Wildman–Crippen MR) is 96.0 cm³/mol. The molecule has 1 fully saturated rings. The van der Waals surface area contributed by atoms with Gasteiger partial charge in [-0.3, -0.25) is 0 Å². The van der Waals surface area contributed by atoms with Crippen LogP contribution in [-0.4, -0.2) is 42.4 Å². The quantitative estimate of drug-likeness (QED) is 0.827. The van der Waals surface area contributed by atoms with Crippen molar-refractivity contribution in [2.45, 2.75) is 52.6 Å². The van der Waals surface area contributed by atoms with Crippen LogP contribution in [0.2, 0.25) is 0 Å². The fourth-order valence-corrected chi connectivity index (χ4v) is 3.72. The van der Waals surface area contributed by atoms with E-state index in [1.165, 1.54) is 12.0 Å². The first-order chi connectivity index (χ1) is 11.0. The molecule has 1 N–H and O–H groups in total. The number of ether oxygens (including phenoxy) is 1. The van der Waals surface area contributed by atoms with Gasteiger partial charge < -0.3 is 14.7 Å². The summed E-state index contributed by atoms with van der Waals surface area (Å²) in [4.78, 5) is 2.38. The molecule has 130 valence electrons. The lowest BCUT2D eigenvalue weighted by Crippen LogP contribution is -2.44. The molecule has 4 atom stereocenters. The van der Waals surface area contributed by atoms with Gasteiger partial charge in [0.25, 0.3) is 0 Å². The smallest absolute Gasteiger partial charge is 0.122 e. The highest BCUT2D eigenvalue weighted by atomic mass is 16.5. The Kier molecular flexibility index (Phi) is 6.91. The van der Waals surface area contributed by atoms with Crippen LogP contribution >= 0.6 is 0 Å². The summed E-state index contributed by atoms with van der Waals surface area (Å²) in [6.07, 6.45) is 1.95. The number of nitrogens with zero attached hydrogens (tertiary/aromatic N) is 1. The zero-order chi connectivity index (χ0) is 16.8. The predicted octanol–water partition coefficient (Wildman–Crippen LogP) is 3.92. The molecule has 0 unspecified atom stereocenters. The van der Waals surface area contributed by atoms with Crippen molar-refractivity contribution in [3.63, 3.8) is 0 Å². The van der Waals surface area contributed by atoms with E-state index in [9.17, 15) is 5.11 Å². The zero-order valence-corrected chi connectivity index (χ0v) is 15.2. The van der Waals surface area contributed by atoms with Crippen LogP contribution in [-0.2, 0) is 0 Å². The summed E-state index contributed by atoms with van der Waals surface area (Å²) in [6, 6.07) is 8.20. The summed E-state index contributed by atoms with van der Waals surface area (Å²) in [5, 5.41) is 10.4. The summed E-state index contributed by atoms with van der Waals surface area (Å²) < 4.78 is 5.94. The topological polar surface area (TPSA) is 32.7 Å². The minimum absolute atomic E-state index is 0.368. The molecule has 1 aromatic rings. The molecular formula is C20H33NO2. The lowest BCUT2D eigenvalue weighted by molar-refractivity contribution is 0.0426. The maximum Gasteiger partial charge on any atom is 0.122 e. The van der Waals surface area contributed by atoms with Gasteiger partial charge in [0, 0.05) is 19.6 Å². The van der Waals surface area contributed by atoms with E-state index in [4.69, 9.17) is 4.74 Å². The summed E-state index contributed by atoms with van der Waals surface area (Å²) in [7, 11) is 0. The van der Waals surface area contributed by atoms with Crippen molar-refractivity contribution in [2.24, 2.45) is 11.8 Å². The van der Waals surface area contributed by atoms with Crippen molar-refractivity contribution in [3.05, 3.63) is 29.8 Å². The molecule has 0 bridgehead atoms. The van der Waals surface area contributed by atoms with Crippen LogP contribution in [0.5, 0.6) is 5.75 Å². The van der Waals surface area contributed by atoms with Crippen molar-refractivity contribution in [1.82, 2.24) is 4.90 Å². The van der Waals surface area contributed by atoms with Crippen LogP contribution in [0.4, 0.5) is 0 Å². The van der Waals surface area contributed by atoms with E-state index in [2.05, 4.69) is 44.7 Å². The summed E-state index contributed by atoms with van der Waals surface area (Å²) in [6.45, 7) is 12.3. The number of benzene rings is 1. The number of likely N-dealkylation sites (tertiary alicyclic amines) is 1. The van der Waals surface area contributed by atoms with E-state index in [0.717, 1.165) is 37.1 Å². The molecule has 23 heavy (non-hydrogen) atoms. The van der Waals surface area contributed by atoms with E-state index < -0.39 is 6.10 Å². The Hall–Kier alpha value is -1.06. The first-order valence-electron chi connectivity index (χ1n) is 9.11. The molecule has 0 aromatic heterocycles. The fourth-order valence-electron chi connectivity index (χ4n) is 3.72. The van der Waals surface area contributed by atoms with Gasteiger partial charge in [-0.2, -0.15) is 0 Å². The Bertz CT molecular complexity index is 466. The normalized spacial score (nSPS) is 25.1. The van der Waals surface area contributed by atoms with Gasteiger partial charge in [0.2, 0.25) is 0 Å². The van der Waals surface area contributed by atoms with Crippen LogP contribution in [0.3, 0.4) is 0 Å². The summed E-state index contributed by atoms with van der Waals surface area (Å²) in [5.74, 6) is 2.84. The highest BCUT2D eigenvalue weighted by Gasteiger charge is 2.23. The van der Waals surface area contributed by atoms with Gasteiger partial charge in [-0.25, -0.2) is 0 Å². The molecule has 2 rings (SSSR count). The van der Waals surface area contributed by atoms with Crippen LogP contribution in [0.1, 0.15) is 52.0 Å². The summed E-state index contributed by atoms with van der Waals surface area (Å²) >= 11 is 0. The third-order valence-electron chi connectivity index (χ3n) is 4.91. The van der Waals surface area contributed by atoms with E-state index >= 15 is 0 Å². The third-order valence-corrected chi connectivity index (χ3v) is 4.91. The molecule has 1 saturated heterocycles. The van der Waals surface area contributed by atoms with Crippen LogP contribution < -0.4 is 4.74 Å². The standard InChI is InChI=1S/C20H33NO2/c1-5-17(4)19-8-6-7-9-20(19)23-14-18(22)13-21-11-15(2)10-16(3)12-21/h6-9,15-18,22H,5,10-14H2,1-4H3/t15-,16+,17-,18+/m0/s1. The Labute approximate surface area is 141 Å². The fraction of sp³-hybridized carbons (Fsp3) is 0.700. The van der Waals surface area contributed by atoms with Crippen molar-refractivity contribution in [2.75, 3.05) is 26.2 Å². The Morgan fingerprint density at radius 2 is 1.87 bits per heavy atom. The van der Waals surface area contributed by atoms with E-state index in [-0.39, 0.29) is 0 Å². The van der Waals surface area contributed by atoms with Crippen LogP contribution in [0.25, 0.3) is 0 Å². The molecule has 3 heteroatoms. The van der Waals surface area contributed by atoms with Gasteiger partial charge in [-0.05, 0) is 42.2 Å². The Morgan fingerprint density at radius 3 is 2.52 bits per heavy atom. The van der Waals surface area contributed by atoms with E-state index in [1.54, 1.807) is 0 Å². The molecule has 1 heterocycles. The van der Waals surface area contributed by atoms with Crippen LogP contribution in [0.15, 0.2) is 24.3 Å². The molecule has 0 radical (unpaired) electrons. The van der Waals surface area contributed by atoms with Gasteiger partial charge in [0.1, 0.15) is 18.5 Å². The lowest BCUT2D eigenvalue weighted by Gasteiger charge is -2.36. The number of rotatable bonds is 7. The molecule has 0 aliphatic carbocycles. The van der Waals surface area contributed by atoms with Gasteiger partial charge in [-0.15, -0.1) is 0 Å². The number of hydrogen-bond donors (Lipinski definition) is 1. The molecule has 1 aliphatic heterocycles. The average molecular weight is 319 g/mol. The van der Waals surface area contributed by atoms with Crippen molar-refractivity contribution in [3.8, 4) is 5.75 Å². The monoisotopic (exact) mass is 319 g/mol. The molecular weight excluding hydrogens is 286 g/mol. The maximum absolute atomic E-state index is 10.4. The number of aliphatic hydroxyl groups excluding tert-OH is 1. The van der Waals surface area contributed by atoms with E-state index in [1.807, 2.05) is 12.1 Å². The minimum Gasteiger partial charge on any atom is -0.491 e. The molecule has 1 aromatic carbocycles. The second-order valence-corrected chi connectivity index (χ2v) is 7.48. The van der Waals surface area contributed by atoms with Gasteiger partial charge in [0.15, 0.2) is 0 Å². The zero-order valence-electron chi connectivity index (χ0n) is 15.2. The van der Waals surface area contributed by atoms with Crippen molar-refractivity contribution < 1.29 is 9.84 Å². The molecule has 3 nitrogen and oxygen atoms in total. The molecule has 0 amide bonds. The second-order valence-electron chi connectivity index (χ2n) is 7.48.